The van der Waals surface area contributed by atoms with Crippen LogP contribution in [0.4, 0.5) is 0 Å². The predicted octanol–water partition coefficient (Wildman–Crippen LogP) is 3.11. The minimum absolute atomic E-state index is 0.105. The number of ether oxygens (including phenoxy) is 1. The molecular weight excluding hydrogens is 424 g/mol. The van der Waals surface area contributed by atoms with E-state index in [9.17, 15) is 4.79 Å². The second-order valence-electron chi connectivity index (χ2n) is 9.28. The highest BCUT2D eigenvalue weighted by Crippen LogP contribution is 2.31. The van der Waals surface area contributed by atoms with Crippen LogP contribution in [0.25, 0.3) is 0 Å². The number of rotatable bonds is 8. The Morgan fingerprint density at radius 3 is 2.44 bits per heavy atom. The van der Waals surface area contributed by atoms with E-state index in [0.29, 0.717) is 12.6 Å². The Labute approximate surface area is 201 Å². The molecule has 2 heterocycles. The molecule has 1 aliphatic heterocycles. The van der Waals surface area contributed by atoms with Crippen molar-refractivity contribution in [2.24, 2.45) is 0 Å². The smallest absolute Gasteiger partial charge is 0.237 e. The van der Waals surface area contributed by atoms with E-state index in [0.717, 1.165) is 43.7 Å². The SMILES string of the molecule is COc1ccc(CN[C@H]2C[C@@H](C(=O)NCc3cccnc3)N(C3Cc4ccccc4C3)C2)cc1. The van der Waals surface area contributed by atoms with Crippen molar-refractivity contribution in [2.45, 2.75) is 50.5 Å². The molecule has 176 valence electrons. The lowest BCUT2D eigenvalue weighted by atomic mass is 10.1. The maximum absolute atomic E-state index is 13.3. The van der Waals surface area contributed by atoms with Crippen LogP contribution < -0.4 is 15.4 Å². The summed E-state index contributed by atoms with van der Waals surface area (Å²) in [5, 5.41) is 6.86. The number of fused-ring (bicyclic) bond motifs is 1. The molecule has 0 spiro atoms. The van der Waals surface area contributed by atoms with E-state index in [2.05, 4.69) is 56.9 Å². The van der Waals surface area contributed by atoms with Crippen LogP contribution in [0.3, 0.4) is 0 Å². The van der Waals surface area contributed by atoms with Gasteiger partial charge in [-0.1, -0.05) is 42.5 Å². The molecule has 2 aromatic carbocycles. The summed E-state index contributed by atoms with van der Waals surface area (Å²) in [7, 11) is 1.68. The molecule has 2 aliphatic rings. The molecule has 6 heteroatoms. The largest absolute Gasteiger partial charge is 0.497 e. The van der Waals surface area contributed by atoms with E-state index >= 15 is 0 Å². The van der Waals surface area contributed by atoms with Gasteiger partial charge in [0.25, 0.3) is 0 Å². The summed E-state index contributed by atoms with van der Waals surface area (Å²) >= 11 is 0. The maximum atomic E-state index is 13.3. The second kappa shape index (κ2) is 10.4. The normalized spacial score (nSPS) is 20.3. The minimum Gasteiger partial charge on any atom is -0.497 e. The summed E-state index contributed by atoms with van der Waals surface area (Å²) in [6.07, 6.45) is 6.38. The molecule has 3 aromatic rings. The minimum atomic E-state index is -0.135. The zero-order chi connectivity index (χ0) is 23.3. The van der Waals surface area contributed by atoms with Gasteiger partial charge in [0.15, 0.2) is 0 Å². The molecular formula is C28H32N4O2. The topological polar surface area (TPSA) is 66.5 Å². The van der Waals surface area contributed by atoms with Crippen molar-refractivity contribution in [2.75, 3.05) is 13.7 Å². The lowest BCUT2D eigenvalue weighted by molar-refractivity contribution is -0.126. The van der Waals surface area contributed by atoms with Crippen LogP contribution in [0, 0.1) is 0 Å². The number of benzene rings is 2. The van der Waals surface area contributed by atoms with Gasteiger partial charge in [0.1, 0.15) is 5.75 Å². The monoisotopic (exact) mass is 456 g/mol. The van der Waals surface area contributed by atoms with Crippen molar-refractivity contribution in [3.8, 4) is 5.75 Å². The number of nitrogens with one attached hydrogen (secondary N) is 2. The van der Waals surface area contributed by atoms with Crippen molar-refractivity contribution in [1.82, 2.24) is 20.5 Å². The Morgan fingerprint density at radius 1 is 1.00 bits per heavy atom. The highest BCUT2D eigenvalue weighted by Gasteiger charge is 2.41. The molecule has 1 fully saturated rings. The molecule has 0 bridgehead atoms. The highest BCUT2D eigenvalue weighted by atomic mass is 16.5. The molecule has 6 nitrogen and oxygen atoms in total. The fourth-order valence-corrected chi connectivity index (χ4v) is 5.26. The van der Waals surface area contributed by atoms with Gasteiger partial charge in [-0.15, -0.1) is 0 Å². The van der Waals surface area contributed by atoms with E-state index < -0.39 is 0 Å². The van der Waals surface area contributed by atoms with E-state index in [1.54, 1.807) is 19.5 Å². The van der Waals surface area contributed by atoms with Crippen LogP contribution in [0.15, 0.2) is 73.1 Å². The number of carbonyl (C=O) groups is 1. The Kier molecular flexibility index (Phi) is 6.88. The number of methoxy groups -OCH3 is 1. The van der Waals surface area contributed by atoms with Crippen molar-refractivity contribution < 1.29 is 9.53 Å². The first kappa shape index (κ1) is 22.6. The van der Waals surface area contributed by atoms with Crippen molar-refractivity contribution in [3.63, 3.8) is 0 Å². The van der Waals surface area contributed by atoms with Crippen molar-refractivity contribution >= 4 is 5.91 Å². The molecule has 34 heavy (non-hydrogen) atoms. The van der Waals surface area contributed by atoms with Crippen LogP contribution in [0.5, 0.6) is 5.75 Å². The van der Waals surface area contributed by atoms with Gasteiger partial charge in [-0.05, 0) is 59.7 Å². The lowest BCUT2D eigenvalue weighted by Crippen LogP contribution is -2.48. The van der Waals surface area contributed by atoms with E-state index in [-0.39, 0.29) is 18.0 Å². The molecule has 1 aliphatic carbocycles. The first-order chi connectivity index (χ1) is 16.7. The number of likely N-dealkylation sites (tertiary alicyclic amines) is 1. The molecule has 2 atom stereocenters. The maximum Gasteiger partial charge on any atom is 0.237 e. The van der Waals surface area contributed by atoms with Crippen LogP contribution in [-0.2, 0) is 30.7 Å². The quantitative estimate of drug-likeness (QED) is 0.545. The van der Waals surface area contributed by atoms with Gasteiger partial charge in [-0.2, -0.15) is 0 Å². The van der Waals surface area contributed by atoms with Gasteiger partial charge in [0, 0.05) is 44.1 Å². The average Bonchev–Trinajstić information content (AvgIpc) is 3.51. The third-order valence-corrected chi connectivity index (χ3v) is 7.08. The van der Waals surface area contributed by atoms with Crippen LogP contribution in [-0.4, -0.2) is 47.6 Å². The third kappa shape index (κ3) is 5.13. The predicted molar refractivity (Wildman–Crippen MR) is 132 cm³/mol. The first-order valence-electron chi connectivity index (χ1n) is 12.0. The molecule has 0 saturated carbocycles. The van der Waals surface area contributed by atoms with E-state index in [1.807, 2.05) is 24.3 Å². The number of hydrogen-bond acceptors (Lipinski definition) is 5. The molecule has 1 saturated heterocycles. The zero-order valence-corrected chi connectivity index (χ0v) is 19.6. The molecule has 0 unspecified atom stereocenters. The fraction of sp³-hybridized carbons (Fsp3) is 0.357. The number of hydrogen-bond donors (Lipinski definition) is 2. The third-order valence-electron chi connectivity index (χ3n) is 7.08. The molecule has 0 radical (unpaired) electrons. The number of carbonyl (C=O) groups excluding carboxylic acids is 1. The van der Waals surface area contributed by atoms with Crippen LogP contribution >= 0.6 is 0 Å². The summed E-state index contributed by atoms with van der Waals surface area (Å²) < 4.78 is 5.26. The fourth-order valence-electron chi connectivity index (χ4n) is 5.26. The molecule has 5 rings (SSSR count). The molecule has 1 aromatic heterocycles. The van der Waals surface area contributed by atoms with Crippen LogP contribution in [0.1, 0.15) is 28.7 Å². The standard InChI is InChI=1S/C28H32N4O2/c1-34-26-10-8-20(9-11-26)17-30-24-15-27(28(33)31-18-21-5-4-12-29-16-21)32(19-24)25-13-22-6-2-3-7-23(22)14-25/h2-12,16,24-25,27,30H,13-15,17-19H2,1H3,(H,31,33)/t24-,27-/m0/s1. The second-order valence-corrected chi connectivity index (χ2v) is 9.28. The number of amides is 1. The van der Waals surface area contributed by atoms with E-state index in [1.165, 1.54) is 16.7 Å². The summed E-state index contributed by atoms with van der Waals surface area (Å²) in [6, 6.07) is 21.2. The van der Waals surface area contributed by atoms with Gasteiger partial charge in [-0.25, -0.2) is 0 Å². The first-order valence-corrected chi connectivity index (χ1v) is 12.0. The number of nitrogens with zero attached hydrogens (tertiary/aromatic N) is 2. The van der Waals surface area contributed by atoms with Gasteiger partial charge in [-0.3, -0.25) is 14.7 Å². The summed E-state index contributed by atoms with van der Waals surface area (Å²) in [5.41, 5.74) is 5.06. The zero-order valence-electron chi connectivity index (χ0n) is 19.6. The highest BCUT2D eigenvalue weighted by molar-refractivity contribution is 5.82. The lowest BCUT2D eigenvalue weighted by Gasteiger charge is -2.29. The average molecular weight is 457 g/mol. The number of pyridine rings is 1. The van der Waals surface area contributed by atoms with E-state index in [4.69, 9.17) is 4.74 Å². The summed E-state index contributed by atoms with van der Waals surface area (Å²) in [4.78, 5) is 19.9. The summed E-state index contributed by atoms with van der Waals surface area (Å²) in [5.74, 6) is 0.968. The van der Waals surface area contributed by atoms with Crippen LogP contribution in [0.2, 0.25) is 0 Å². The molecule has 1 amide bonds. The van der Waals surface area contributed by atoms with Gasteiger partial charge in [0.2, 0.25) is 5.91 Å². The molecule has 2 N–H and O–H groups in total. The van der Waals surface area contributed by atoms with Gasteiger partial charge < -0.3 is 15.4 Å². The van der Waals surface area contributed by atoms with Gasteiger partial charge in [0.05, 0.1) is 13.2 Å². The Hall–Kier alpha value is -3.22. The van der Waals surface area contributed by atoms with Gasteiger partial charge >= 0.3 is 0 Å². The Balaban J connectivity index is 1.26. The number of aromatic nitrogens is 1. The Morgan fingerprint density at radius 2 is 1.76 bits per heavy atom. The van der Waals surface area contributed by atoms with Crippen molar-refractivity contribution in [1.29, 1.82) is 0 Å². The summed E-state index contributed by atoms with van der Waals surface area (Å²) in [6.45, 7) is 2.16. The van der Waals surface area contributed by atoms with Crippen molar-refractivity contribution in [3.05, 3.63) is 95.3 Å². The Bertz CT molecular complexity index is 1080.